The second-order valence-corrected chi connectivity index (χ2v) is 4.85. The van der Waals surface area contributed by atoms with Gasteiger partial charge < -0.3 is 11.1 Å². The van der Waals surface area contributed by atoms with Gasteiger partial charge in [-0.1, -0.05) is 13.8 Å². The lowest BCUT2D eigenvalue weighted by Gasteiger charge is -2.12. The van der Waals surface area contributed by atoms with Crippen LogP contribution in [0.4, 0.5) is 0 Å². The summed E-state index contributed by atoms with van der Waals surface area (Å²) in [5, 5.41) is 2.85. The molecule has 1 unspecified atom stereocenters. The number of hydrogen-bond acceptors (Lipinski definition) is 3. The summed E-state index contributed by atoms with van der Waals surface area (Å²) in [6, 6.07) is -0.338. The molecule has 3 N–H and O–H groups in total. The van der Waals surface area contributed by atoms with Crippen LogP contribution in [0.2, 0.25) is 0 Å². The molecule has 0 rings (SSSR count). The highest BCUT2D eigenvalue weighted by atomic mass is 32.2. The fourth-order valence-corrected chi connectivity index (χ4v) is 1.48. The van der Waals surface area contributed by atoms with Gasteiger partial charge in [-0.2, -0.15) is 11.8 Å². The van der Waals surface area contributed by atoms with E-state index in [0.717, 1.165) is 25.1 Å². The van der Waals surface area contributed by atoms with Crippen molar-refractivity contribution in [1.29, 1.82) is 0 Å². The van der Waals surface area contributed by atoms with Crippen LogP contribution < -0.4 is 11.1 Å². The average Bonchev–Trinajstić information content (AvgIpc) is 2.13. The zero-order valence-corrected chi connectivity index (χ0v) is 10.2. The van der Waals surface area contributed by atoms with E-state index < -0.39 is 0 Å². The van der Waals surface area contributed by atoms with Gasteiger partial charge in [-0.3, -0.25) is 4.79 Å². The largest absolute Gasteiger partial charge is 0.355 e. The molecule has 1 atom stereocenters. The normalized spacial score (nSPS) is 12.9. The molecule has 0 saturated heterocycles. The van der Waals surface area contributed by atoms with E-state index in [1.807, 2.05) is 6.26 Å². The molecule has 3 nitrogen and oxygen atoms in total. The minimum atomic E-state index is -0.338. The standard InChI is InChI=1S/C10H22N2OS/c1-8(2)4-6-12-10(13)9(11)5-7-14-3/h8-9H,4-7,11H2,1-3H3,(H,12,13). The molecule has 0 aliphatic carbocycles. The molecule has 0 aromatic rings. The molecule has 0 spiro atoms. The van der Waals surface area contributed by atoms with Gasteiger partial charge >= 0.3 is 0 Å². The lowest BCUT2D eigenvalue weighted by Crippen LogP contribution is -2.41. The maximum Gasteiger partial charge on any atom is 0.236 e. The Morgan fingerprint density at radius 3 is 2.57 bits per heavy atom. The van der Waals surface area contributed by atoms with Crippen LogP contribution in [-0.4, -0.2) is 30.5 Å². The van der Waals surface area contributed by atoms with Crippen LogP contribution in [-0.2, 0) is 4.79 Å². The van der Waals surface area contributed by atoms with Gasteiger partial charge in [0, 0.05) is 6.54 Å². The van der Waals surface area contributed by atoms with Crippen LogP contribution in [0.1, 0.15) is 26.7 Å². The van der Waals surface area contributed by atoms with Crippen molar-refractivity contribution in [2.24, 2.45) is 11.7 Å². The van der Waals surface area contributed by atoms with E-state index in [-0.39, 0.29) is 11.9 Å². The van der Waals surface area contributed by atoms with Crippen molar-refractivity contribution in [2.45, 2.75) is 32.7 Å². The van der Waals surface area contributed by atoms with Crippen LogP contribution in [0.3, 0.4) is 0 Å². The Morgan fingerprint density at radius 2 is 2.07 bits per heavy atom. The van der Waals surface area contributed by atoms with Crippen molar-refractivity contribution in [1.82, 2.24) is 5.32 Å². The summed E-state index contributed by atoms with van der Waals surface area (Å²) >= 11 is 1.72. The van der Waals surface area contributed by atoms with Crippen molar-refractivity contribution in [3.05, 3.63) is 0 Å². The first kappa shape index (κ1) is 13.8. The van der Waals surface area contributed by atoms with Crippen molar-refractivity contribution in [2.75, 3.05) is 18.6 Å². The fraction of sp³-hybridized carbons (Fsp3) is 0.900. The van der Waals surface area contributed by atoms with E-state index in [0.29, 0.717) is 5.92 Å². The van der Waals surface area contributed by atoms with Crippen LogP contribution in [0.25, 0.3) is 0 Å². The molecule has 0 bridgehead atoms. The third-order valence-corrected chi connectivity index (χ3v) is 2.63. The summed E-state index contributed by atoms with van der Waals surface area (Å²) in [6.45, 7) is 5.02. The number of carbonyl (C=O) groups is 1. The smallest absolute Gasteiger partial charge is 0.236 e. The van der Waals surface area contributed by atoms with Gasteiger partial charge in [-0.25, -0.2) is 0 Å². The molecule has 1 amide bonds. The van der Waals surface area contributed by atoms with E-state index in [1.54, 1.807) is 11.8 Å². The molecule has 0 aromatic heterocycles. The van der Waals surface area contributed by atoms with E-state index in [4.69, 9.17) is 5.73 Å². The number of hydrogen-bond donors (Lipinski definition) is 2. The molecule has 0 aromatic carbocycles. The maximum absolute atomic E-state index is 11.4. The molecule has 0 aliphatic rings. The quantitative estimate of drug-likeness (QED) is 0.676. The minimum Gasteiger partial charge on any atom is -0.355 e. The number of rotatable bonds is 7. The second-order valence-electron chi connectivity index (χ2n) is 3.86. The summed E-state index contributed by atoms with van der Waals surface area (Å²) in [5.41, 5.74) is 5.69. The van der Waals surface area contributed by atoms with Gasteiger partial charge in [-0.05, 0) is 30.8 Å². The maximum atomic E-state index is 11.4. The molecule has 0 radical (unpaired) electrons. The number of nitrogens with two attached hydrogens (primary N) is 1. The van der Waals surface area contributed by atoms with Crippen molar-refractivity contribution in [3.8, 4) is 0 Å². The Bertz CT molecular complexity index is 162. The first-order chi connectivity index (χ1) is 6.57. The summed E-state index contributed by atoms with van der Waals surface area (Å²) < 4.78 is 0. The third kappa shape index (κ3) is 7.21. The zero-order valence-electron chi connectivity index (χ0n) is 9.38. The first-order valence-corrected chi connectivity index (χ1v) is 6.49. The van der Waals surface area contributed by atoms with Crippen molar-refractivity contribution in [3.63, 3.8) is 0 Å². The predicted octanol–water partition coefficient (Wildman–Crippen LogP) is 1.23. The molecule has 84 valence electrons. The van der Waals surface area contributed by atoms with Gasteiger partial charge in [0.15, 0.2) is 0 Å². The van der Waals surface area contributed by atoms with E-state index in [2.05, 4.69) is 19.2 Å². The molecule has 0 aliphatic heterocycles. The summed E-state index contributed by atoms with van der Waals surface area (Å²) in [4.78, 5) is 11.4. The highest BCUT2D eigenvalue weighted by molar-refractivity contribution is 7.98. The summed E-state index contributed by atoms with van der Waals surface area (Å²) in [5.74, 6) is 1.55. The lowest BCUT2D eigenvalue weighted by molar-refractivity contribution is -0.122. The van der Waals surface area contributed by atoms with Crippen molar-refractivity contribution < 1.29 is 4.79 Å². The highest BCUT2D eigenvalue weighted by Gasteiger charge is 2.11. The second kappa shape index (κ2) is 8.12. The van der Waals surface area contributed by atoms with Gasteiger partial charge in [0.05, 0.1) is 6.04 Å². The van der Waals surface area contributed by atoms with Gasteiger partial charge in [0.25, 0.3) is 0 Å². The molecule has 14 heavy (non-hydrogen) atoms. The van der Waals surface area contributed by atoms with E-state index >= 15 is 0 Å². The molecular weight excluding hydrogens is 196 g/mol. The Morgan fingerprint density at radius 1 is 1.43 bits per heavy atom. The summed E-state index contributed by atoms with van der Waals surface area (Å²) in [7, 11) is 0. The summed E-state index contributed by atoms with van der Waals surface area (Å²) in [6.07, 6.45) is 3.79. The Balaban J connectivity index is 3.52. The molecule has 0 heterocycles. The van der Waals surface area contributed by atoms with Crippen LogP contribution in [0.5, 0.6) is 0 Å². The molecule has 4 heteroatoms. The number of amides is 1. The predicted molar refractivity (Wildman–Crippen MR) is 63.4 cm³/mol. The monoisotopic (exact) mass is 218 g/mol. The third-order valence-electron chi connectivity index (χ3n) is 1.99. The SMILES string of the molecule is CSCCC(N)C(=O)NCCC(C)C. The Kier molecular flexibility index (Phi) is 7.99. The average molecular weight is 218 g/mol. The molecule has 0 fully saturated rings. The van der Waals surface area contributed by atoms with Crippen LogP contribution >= 0.6 is 11.8 Å². The van der Waals surface area contributed by atoms with Gasteiger partial charge in [0.1, 0.15) is 0 Å². The van der Waals surface area contributed by atoms with Crippen LogP contribution in [0, 0.1) is 5.92 Å². The molecule has 0 saturated carbocycles. The van der Waals surface area contributed by atoms with E-state index in [1.165, 1.54) is 0 Å². The highest BCUT2D eigenvalue weighted by Crippen LogP contribution is 2.00. The molecular formula is C10H22N2OS. The van der Waals surface area contributed by atoms with E-state index in [9.17, 15) is 4.79 Å². The van der Waals surface area contributed by atoms with Gasteiger partial charge in [-0.15, -0.1) is 0 Å². The Hall–Kier alpha value is -0.220. The number of nitrogens with one attached hydrogen (secondary N) is 1. The first-order valence-electron chi connectivity index (χ1n) is 5.10. The Labute approximate surface area is 91.2 Å². The number of carbonyl (C=O) groups excluding carboxylic acids is 1. The topological polar surface area (TPSA) is 55.1 Å². The van der Waals surface area contributed by atoms with Gasteiger partial charge in [0.2, 0.25) is 5.91 Å². The van der Waals surface area contributed by atoms with Crippen molar-refractivity contribution >= 4 is 17.7 Å². The minimum absolute atomic E-state index is 0.0142. The lowest BCUT2D eigenvalue weighted by atomic mass is 10.1. The fourth-order valence-electron chi connectivity index (χ4n) is 0.991. The zero-order chi connectivity index (χ0) is 11.0. The van der Waals surface area contributed by atoms with Crippen LogP contribution in [0.15, 0.2) is 0 Å². The number of thioether (sulfide) groups is 1.